The Morgan fingerprint density at radius 3 is 1.78 bits per heavy atom. The van der Waals surface area contributed by atoms with Gasteiger partial charge in [-0.05, 0) is 107 Å². The third-order valence-electron chi connectivity index (χ3n) is 7.48. The van der Waals surface area contributed by atoms with Gasteiger partial charge in [-0.3, -0.25) is 0 Å². The summed E-state index contributed by atoms with van der Waals surface area (Å²) >= 11 is 0. The molecule has 2 heteroatoms. The Bertz CT molecular complexity index is 431. The van der Waals surface area contributed by atoms with Crippen LogP contribution in [0.25, 0.3) is 0 Å². The zero-order valence-electron chi connectivity index (χ0n) is 14.4. The fourth-order valence-electron chi connectivity index (χ4n) is 5.74. The summed E-state index contributed by atoms with van der Waals surface area (Å²) in [6, 6.07) is 0. The van der Waals surface area contributed by atoms with Crippen molar-refractivity contribution in [3.63, 3.8) is 0 Å². The summed E-state index contributed by atoms with van der Waals surface area (Å²) in [5.74, 6) is 4.30. The van der Waals surface area contributed by atoms with Crippen molar-refractivity contribution in [1.29, 1.82) is 0 Å². The third-order valence-corrected chi connectivity index (χ3v) is 7.48. The van der Waals surface area contributed by atoms with Gasteiger partial charge >= 0.3 is 0 Å². The van der Waals surface area contributed by atoms with Crippen LogP contribution in [-0.4, -0.2) is 12.3 Å². The number of alkyl halides is 2. The van der Waals surface area contributed by atoms with Crippen LogP contribution >= 0.6 is 0 Å². The molecule has 4 atom stereocenters. The van der Waals surface area contributed by atoms with E-state index in [1.165, 1.54) is 56.9 Å². The molecule has 4 rings (SSSR count). The molecule has 0 aromatic carbocycles. The van der Waals surface area contributed by atoms with E-state index in [2.05, 4.69) is 6.08 Å². The molecule has 0 aliphatic heterocycles. The van der Waals surface area contributed by atoms with Gasteiger partial charge in [0, 0.05) is 0 Å². The van der Waals surface area contributed by atoms with E-state index in [-0.39, 0.29) is 0 Å². The fourth-order valence-corrected chi connectivity index (χ4v) is 5.74. The summed E-state index contributed by atoms with van der Waals surface area (Å²) in [5, 5.41) is 0. The summed E-state index contributed by atoms with van der Waals surface area (Å²) < 4.78 is 27.0. The van der Waals surface area contributed by atoms with Gasteiger partial charge in [0.15, 0.2) is 0 Å². The maximum atomic E-state index is 13.7. The smallest absolute Gasteiger partial charge is 0.132 e. The van der Waals surface area contributed by atoms with E-state index >= 15 is 0 Å². The summed E-state index contributed by atoms with van der Waals surface area (Å²) in [6.07, 6.45) is 14.3. The molecule has 130 valence electrons. The molecule has 0 aromatic heterocycles. The molecular formula is C21H32F2. The van der Waals surface area contributed by atoms with Gasteiger partial charge in [-0.2, -0.15) is 0 Å². The first-order valence-electron chi connectivity index (χ1n) is 10.2. The molecule has 0 saturated heterocycles. The minimum atomic E-state index is -1.22. The van der Waals surface area contributed by atoms with E-state index < -0.39 is 12.3 Å². The van der Waals surface area contributed by atoms with Crippen molar-refractivity contribution < 1.29 is 8.78 Å². The Hall–Kier alpha value is -0.400. The van der Waals surface area contributed by atoms with Gasteiger partial charge in [-0.1, -0.05) is 11.6 Å². The van der Waals surface area contributed by atoms with E-state index in [4.69, 9.17) is 0 Å². The second-order valence-corrected chi connectivity index (χ2v) is 8.87. The molecule has 0 radical (unpaired) electrons. The Balaban J connectivity index is 1.27. The standard InChI is InChI=1S/C21H32F2/c22-20-12-11-19(13-21(20)23)18-9-7-17(8-10-18)16-5-3-15(4-6-16)14-1-2-14/h9,14-17,19-21H,1-8,10-13H2. The first-order chi connectivity index (χ1) is 11.2. The van der Waals surface area contributed by atoms with Crippen molar-refractivity contribution in [2.45, 2.75) is 89.4 Å². The van der Waals surface area contributed by atoms with E-state index in [9.17, 15) is 8.78 Å². The Morgan fingerprint density at radius 2 is 1.26 bits per heavy atom. The average Bonchev–Trinajstić information content (AvgIpc) is 3.43. The van der Waals surface area contributed by atoms with Crippen molar-refractivity contribution in [2.24, 2.45) is 29.6 Å². The zero-order valence-corrected chi connectivity index (χ0v) is 14.4. The first kappa shape index (κ1) is 16.1. The predicted octanol–water partition coefficient (Wildman–Crippen LogP) is 6.41. The molecule has 0 heterocycles. The van der Waals surface area contributed by atoms with Crippen molar-refractivity contribution >= 4 is 0 Å². The zero-order chi connectivity index (χ0) is 15.8. The Morgan fingerprint density at radius 1 is 0.652 bits per heavy atom. The maximum Gasteiger partial charge on any atom is 0.132 e. The molecule has 0 spiro atoms. The summed E-state index contributed by atoms with van der Waals surface area (Å²) in [5.41, 5.74) is 1.46. The molecule has 23 heavy (non-hydrogen) atoms. The highest BCUT2D eigenvalue weighted by Gasteiger charge is 2.37. The van der Waals surface area contributed by atoms with Gasteiger partial charge in [0.05, 0.1) is 0 Å². The molecule has 0 aromatic rings. The minimum absolute atomic E-state index is 0.337. The molecule has 0 nitrogen and oxygen atoms in total. The normalized spacial score (nSPS) is 45.6. The maximum absolute atomic E-state index is 13.7. The molecule has 0 N–H and O–H groups in total. The van der Waals surface area contributed by atoms with Crippen LogP contribution in [0.15, 0.2) is 11.6 Å². The molecule has 0 amide bonds. The molecular weight excluding hydrogens is 290 g/mol. The van der Waals surface area contributed by atoms with Gasteiger partial charge in [-0.15, -0.1) is 0 Å². The van der Waals surface area contributed by atoms with Gasteiger partial charge in [0.25, 0.3) is 0 Å². The van der Waals surface area contributed by atoms with Gasteiger partial charge in [-0.25, -0.2) is 8.78 Å². The number of rotatable bonds is 3. The SMILES string of the molecule is FC1CCC(C2=CCC(C3CCC(C4CC4)CC3)CC2)CC1F. The van der Waals surface area contributed by atoms with Crippen LogP contribution in [0.5, 0.6) is 0 Å². The van der Waals surface area contributed by atoms with Gasteiger partial charge < -0.3 is 0 Å². The quantitative estimate of drug-likeness (QED) is 0.527. The number of halogens is 2. The number of hydrogen-bond acceptors (Lipinski definition) is 0. The van der Waals surface area contributed by atoms with Crippen LogP contribution in [0, 0.1) is 29.6 Å². The lowest BCUT2D eigenvalue weighted by Gasteiger charge is -2.37. The van der Waals surface area contributed by atoms with E-state index in [1.807, 2.05) is 0 Å². The number of allylic oxidation sites excluding steroid dienone is 2. The Kier molecular flexibility index (Phi) is 4.79. The predicted molar refractivity (Wildman–Crippen MR) is 90.7 cm³/mol. The van der Waals surface area contributed by atoms with Crippen LogP contribution in [0.3, 0.4) is 0 Å². The summed E-state index contributed by atoms with van der Waals surface area (Å²) in [6.45, 7) is 0. The van der Waals surface area contributed by atoms with E-state index in [1.54, 1.807) is 0 Å². The second-order valence-electron chi connectivity index (χ2n) is 8.87. The Labute approximate surface area is 140 Å². The van der Waals surface area contributed by atoms with Crippen LogP contribution in [0.1, 0.15) is 77.0 Å². The van der Waals surface area contributed by atoms with Crippen LogP contribution in [0.4, 0.5) is 8.78 Å². The molecule has 3 fully saturated rings. The molecule has 3 saturated carbocycles. The molecule has 0 bridgehead atoms. The van der Waals surface area contributed by atoms with Gasteiger partial charge in [0.2, 0.25) is 0 Å². The highest BCUT2D eigenvalue weighted by Crippen LogP contribution is 2.48. The van der Waals surface area contributed by atoms with E-state index in [0.717, 1.165) is 36.5 Å². The van der Waals surface area contributed by atoms with Crippen molar-refractivity contribution in [2.75, 3.05) is 0 Å². The topological polar surface area (TPSA) is 0 Å². The monoisotopic (exact) mass is 322 g/mol. The minimum Gasteiger partial charge on any atom is -0.244 e. The van der Waals surface area contributed by atoms with Gasteiger partial charge in [0.1, 0.15) is 12.3 Å². The van der Waals surface area contributed by atoms with Crippen LogP contribution in [-0.2, 0) is 0 Å². The third kappa shape index (κ3) is 3.66. The molecule has 4 unspecified atom stereocenters. The lowest BCUT2D eigenvalue weighted by Crippen LogP contribution is -2.30. The van der Waals surface area contributed by atoms with Crippen molar-refractivity contribution in [3.8, 4) is 0 Å². The first-order valence-corrected chi connectivity index (χ1v) is 10.2. The highest BCUT2D eigenvalue weighted by atomic mass is 19.2. The average molecular weight is 322 g/mol. The lowest BCUT2D eigenvalue weighted by molar-refractivity contribution is 0.0963. The van der Waals surface area contributed by atoms with Crippen molar-refractivity contribution in [1.82, 2.24) is 0 Å². The van der Waals surface area contributed by atoms with Crippen molar-refractivity contribution in [3.05, 3.63) is 11.6 Å². The lowest BCUT2D eigenvalue weighted by atomic mass is 9.69. The van der Waals surface area contributed by atoms with E-state index in [0.29, 0.717) is 18.8 Å². The summed E-state index contributed by atoms with van der Waals surface area (Å²) in [4.78, 5) is 0. The second kappa shape index (κ2) is 6.84. The van der Waals surface area contributed by atoms with Crippen LogP contribution in [0.2, 0.25) is 0 Å². The summed E-state index contributed by atoms with van der Waals surface area (Å²) in [7, 11) is 0. The fraction of sp³-hybridized carbons (Fsp3) is 0.905. The number of hydrogen-bond donors (Lipinski definition) is 0. The molecule has 4 aliphatic carbocycles. The van der Waals surface area contributed by atoms with Crippen LogP contribution < -0.4 is 0 Å². The largest absolute Gasteiger partial charge is 0.244 e. The highest BCUT2D eigenvalue weighted by molar-refractivity contribution is 5.13. The molecule has 4 aliphatic rings.